The van der Waals surface area contributed by atoms with Crippen molar-refractivity contribution in [3.63, 3.8) is 0 Å². The van der Waals surface area contributed by atoms with Crippen LogP contribution in [0.3, 0.4) is 0 Å². The molecule has 1 unspecified atom stereocenters. The Balaban J connectivity index is 2.64. The molecule has 1 heterocycles. The van der Waals surface area contributed by atoms with Gasteiger partial charge in [0.25, 0.3) is 0 Å². The van der Waals surface area contributed by atoms with Gasteiger partial charge >= 0.3 is 11.9 Å². The second-order valence-electron chi connectivity index (χ2n) is 1.60. The van der Waals surface area contributed by atoms with E-state index in [1.54, 1.807) is 0 Å². The molecule has 0 aromatic heterocycles. The Morgan fingerprint density at radius 2 is 2.25 bits per heavy atom. The van der Waals surface area contributed by atoms with Crippen LogP contribution in [-0.2, 0) is 14.3 Å². The van der Waals surface area contributed by atoms with Crippen molar-refractivity contribution >= 4 is 19.8 Å². The third-order valence-corrected chi connectivity index (χ3v) is 0.904. The van der Waals surface area contributed by atoms with Crippen molar-refractivity contribution in [2.45, 2.75) is 12.2 Å². The summed E-state index contributed by atoms with van der Waals surface area (Å²) in [5.41, 5.74) is 0. The first-order valence-electron chi connectivity index (χ1n) is 2.20. The minimum absolute atomic E-state index is 0.0266. The highest BCUT2D eigenvalue weighted by Crippen LogP contribution is 2.16. The van der Waals surface area contributed by atoms with Gasteiger partial charge in [0.1, 0.15) is 0 Å². The van der Waals surface area contributed by atoms with E-state index in [1.807, 2.05) is 0 Å². The summed E-state index contributed by atoms with van der Waals surface area (Å²) in [5.74, 6) is -1.86. The molecule has 4 heteroatoms. The highest BCUT2D eigenvalue weighted by atomic mass is 16.6. The second kappa shape index (κ2) is 1.61. The maximum absolute atomic E-state index is 10.2. The highest BCUT2D eigenvalue weighted by Gasteiger charge is 2.28. The third kappa shape index (κ3) is 0.733. The van der Waals surface area contributed by atoms with Crippen molar-refractivity contribution < 1.29 is 14.3 Å². The van der Waals surface area contributed by atoms with Gasteiger partial charge in [-0.2, -0.15) is 0 Å². The van der Waals surface area contributed by atoms with Crippen LogP contribution in [0.1, 0.15) is 6.42 Å². The Hall–Kier alpha value is -0.795. The molecule has 0 amide bonds. The van der Waals surface area contributed by atoms with Crippen LogP contribution in [0.2, 0.25) is 5.82 Å². The topological polar surface area (TPSA) is 43.4 Å². The number of carbonyl (C=O) groups excluding carboxylic acids is 2. The van der Waals surface area contributed by atoms with Gasteiger partial charge in [0.05, 0.1) is 14.3 Å². The molecule has 0 spiro atoms. The molecule has 1 atom stereocenters. The molecule has 1 saturated heterocycles. The largest absolute Gasteiger partial charge is 0.393 e. The summed E-state index contributed by atoms with van der Waals surface area (Å²) in [7, 11) is 5.07. The van der Waals surface area contributed by atoms with E-state index in [-0.39, 0.29) is 6.42 Å². The van der Waals surface area contributed by atoms with Crippen LogP contribution in [0.5, 0.6) is 0 Å². The third-order valence-electron chi connectivity index (χ3n) is 0.904. The Kier molecular flexibility index (Phi) is 1.08. The molecule has 1 aliphatic rings. The van der Waals surface area contributed by atoms with Gasteiger partial charge in [-0.1, -0.05) is 0 Å². The molecule has 0 aromatic rings. The average Bonchev–Trinajstić information content (AvgIpc) is 1.85. The smallest absolute Gasteiger partial charge is 0.313 e. The van der Waals surface area contributed by atoms with E-state index < -0.39 is 17.8 Å². The van der Waals surface area contributed by atoms with Gasteiger partial charge in [0, 0.05) is 5.82 Å². The van der Waals surface area contributed by atoms with Gasteiger partial charge in [0.15, 0.2) is 0 Å². The Morgan fingerprint density at radius 3 is 2.38 bits per heavy atom. The van der Waals surface area contributed by atoms with Crippen LogP contribution < -0.4 is 0 Å². The molecule has 2 radical (unpaired) electrons. The first kappa shape index (κ1) is 5.34. The zero-order chi connectivity index (χ0) is 6.15. The number of esters is 2. The van der Waals surface area contributed by atoms with Gasteiger partial charge in [-0.25, -0.2) is 0 Å². The van der Waals surface area contributed by atoms with E-state index in [0.29, 0.717) is 0 Å². The lowest BCUT2D eigenvalue weighted by atomic mass is 9.86. The fraction of sp³-hybridized carbons (Fsp3) is 0.500. The van der Waals surface area contributed by atoms with Crippen LogP contribution in [0.25, 0.3) is 0 Å². The monoisotopic (exact) mass is 110 g/mol. The lowest BCUT2D eigenvalue weighted by Gasteiger charge is -1.86. The van der Waals surface area contributed by atoms with E-state index >= 15 is 0 Å². The molecule has 1 rings (SSSR count). The molecule has 0 saturated carbocycles. The molecule has 8 heavy (non-hydrogen) atoms. The maximum Gasteiger partial charge on any atom is 0.313 e. The summed E-state index contributed by atoms with van der Waals surface area (Å²) in [4.78, 5) is 20.4. The van der Waals surface area contributed by atoms with Gasteiger partial charge in [-0.05, 0) is 0 Å². The van der Waals surface area contributed by atoms with Crippen molar-refractivity contribution in [2.24, 2.45) is 0 Å². The number of carbonyl (C=O) groups is 2. The number of hydrogen-bond acceptors (Lipinski definition) is 3. The standard InChI is InChI=1S/C4H3BO3/c5-2-1-3(6)8-4(2)7/h2H,1H2. The molecular formula is C4H3BO3. The molecule has 1 fully saturated rings. The van der Waals surface area contributed by atoms with Gasteiger partial charge in [-0.3, -0.25) is 9.59 Å². The predicted octanol–water partition coefficient (Wildman–Crippen LogP) is -0.583. The zero-order valence-electron chi connectivity index (χ0n) is 4.09. The summed E-state index contributed by atoms with van der Waals surface area (Å²) < 4.78 is 4.07. The zero-order valence-corrected chi connectivity index (χ0v) is 4.09. The Morgan fingerprint density at radius 1 is 1.62 bits per heavy atom. The lowest BCUT2D eigenvalue weighted by molar-refractivity contribution is -0.151. The van der Waals surface area contributed by atoms with Gasteiger partial charge in [0.2, 0.25) is 0 Å². The normalized spacial score (nSPS) is 28.2. The van der Waals surface area contributed by atoms with Gasteiger partial charge in [-0.15, -0.1) is 0 Å². The van der Waals surface area contributed by atoms with Crippen molar-refractivity contribution in [2.75, 3.05) is 0 Å². The van der Waals surface area contributed by atoms with Crippen molar-refractivity contribution in [3.05, 3.63) is 0 Å². The van der Waals surface area contributed by atoms with Crippen LogP contribution in [0.15, 0.2) is 0 Å². The SMILES string of the molecule is [B]C1CC(=O)OC1=O. The molecule has 0 N–H and O–H groups in total. The number of hydrogen-bond donors (Lipinski definition) is 0. The molecule has 3 nitrogen and oxygen atoms in total. The van der Waals surface area contributed by atoms with E-state index in [2.05, 4.69) is 4.74 Å². The highest BCUT2D eigenvalue weighted by molar-refractivity contribution is 6.26. The van der Waals surface area contributed by atoms with Crippen LogP contribution in [0, 0.1) is 0 Å². The fourth-order valence-corrected chi connectivity index (χ4v) is 0.492. The molecule has 0 aromatic carbocycles. The maximum atomic E-state index is 10.2. The molecule has 1 aliphatic heterocycles. The van der Waals surface area contributed by atoms with E-state index in [4.69, 9.17) is 7.85 Å². The summed E-state index contributed by atoms with van der Waals surface area (Å²) in [6, 6.07) is 0. The van der Waals surface area contributed by atoms with Crippen LogP contribution >= 0.6 is 0 Å². The van der Waals surface area contributed by atoms with E-state index in [1.165, 1.54) is 0 Å². The van der Waals surface area contributed by atoms with Crippen LogP contribution in [-0.4, -0.2) is 19.8 Å². The Bertz CT molecular complexity index is 142. The van der Waals surface area contributed by atoms with E-state index in [9.17, 15) is 9.59 Å². The quantitative estimate of drug-likeness (QED) is 0.238. The van der Waals surface area contributed by atoms with Gasteiger partial charge < -0.3 is 4.74 Å². The summed E-state index contributed by atoms with van der Waals surface area (Å²) in [5, 5.41) is 0. The number of cyclic esters (lactones) is 2. The fourth-order valence-electron chi connectivity index (χ4n) is 0.492. The summed E-state index contributed by atoms with van der Waals surface area (Å²) in [6.45, 7) is 0. The van der Waals surface area contributed by atoms with Crippen molar-refractivity contribution in [1.29, 1.82) is 0 Å². The number of ether oxygens (including phenoxy) is 1. The first-order chi connectivity index (χ1) is 3.70. The Labute approximate surface area is 47.4 Å². The number of rotatable bonds is 0. The molecule has 40 valence electrons. The predicted molar refractivity (Wildman–Crippen MR) is 25.2 cm³/mol. The first-order valence-corrected chi connectivity index (χ1v) is 2.20. The molecule has 0 bridgehead atoms. The summed E-state index contributed by atoms with van der Waals surface area (Å²) >= 11 is 0. The minimum atomic E-state index is -0.720. The molecule has 0 aliphatic carbocycles. The van der Waals surface area contributed by atoms with E-state index in [0.717, 1.165) is 0 Å². The average molecular weight is 110 g/mol. The summed E-state index contributed by atoms with van der Waals surface area (Å²) in [6.07, 6.45) is 0.0266. The minimum Gasteiger partial charge on any atom is -0.393 e. The van der Waals surface area contributed by atoms with Crippen molar-refractivity contribution in [1.82, 2.24) is 0 Å². The second-order valence-corrected chi connectivity index (χ2v) is 1.60. The molecular weight excluding hydrogens is 107 g/mol. The van der Waals surface area contributed by atoms with Crippen molar-refractivity contribution in [3.8, 4) is 0 Å². The van der Waals surface area contributed by atoms with Crippen LogP contribution in [0.4, 0.5) is 0 Å². The lowest BCUT2D eigenvalue weighted by Crippen LogP contribution is -2.00.